The van der Waals surface area contributed by atoms with Crippen LogP contribution < -0.4 is 15.5 Å². The van der Waals surface area contributed by atoms with Crippen LogP contribution in [0.25, 0.3) is 17.7 Å². The van der Waals surface area contributed by atoms with Gasteiger partial charge in [0.2, 0.25) is 0 Å². The smallest absolute Gasteiger partial charge is 0.267 e. The molecular weight excluding hydrogens is 423 g/mol. The fourth-order valence-corrected chi connectivity index (χ4v) is 3.01. The second-order valence-electron chi connectivity index (χ2n) is 7.07. The fourth-order valence-electron chi connectivity index (χ4n) is 3.01. The van der Waals surface area contributed by atoms with Crippen LogP contribution in [0.2, 0.25) is 0 Å². The molecule has 3 rings (SSSR count). The maximum Gasteiger partial charge on any atom is 0.267 e. The highest BCUT2D eigenvalue weighted by Crippen LogP contribution is 2.22. The van der Waals surface area contributed by atoms with E-state index in [1.807, 2.05) is 12.1 Å². The van der Waals surface area contributed by atoms with Crippen molar-refractivity contribution in [2.75, 3.05) is 7.11 Å². The van der Waals surface area contributed by atoms with E-state index in [4.69, 9.17) is 9.94 Å². The van der Waals surface area contributed by atoms with Gasteiger partial charge < -0.3 is 10.1 Å². The molecule has 0 aliphatic heterocycles. The quantitative estimate of drug-likeness (QED) is 0.209. The van der Waals surface area contributed by atoms with Crippen LogP contribution in [0.4, 0.5) is 4.39 Å². The monoisotopic (exact) mass is 446 g/mol. The second kappa shape index (κ2) is 11.4. The minimum Gasteiger partial charge on any atom is -0.497 e. The zero-order chi connectivity index (χ0) is 23.6. The zero-order valence-electron chi connectivity index (χ0n) is 17.9. The van der Waals surface area contributed by atoms with Crippen molar-refractivity contribution in [2.45, 2.75) is 6.54 Å². The van der Waals surface area contributed by atoms with Crippen molar-refractivity contribution in [3.63, 3.8) is 0 Å². The average Bonchev–Trinajstić information content (AvgIpc) is 2.86. The fraction of sp³-hybridized carbons (Fsp3) is 0.0769. The highest BCUT2D eigenvalue weighted by molar-refractivity contribution is 6.24. The molecule has 0 aliphatic carbocycles. The summed E-state index contributed by atoms with van der Waals surface area (Å²) in [6, 6.07) is 20.3. The van der Waals surface area contributed by atoms with Gasteiger partial charge in [0.05, 0.1) is 7.11 Å². The lowest BCUT2D eigenvalue weighted by Crippen LogP contribution is -2.23. The molecule has 0 aromatic heterocycles. The molecule has 3 aromatic carbocycles. The van der Waals surface area contributed by atoms with Gasteiger partial charge in [0, 0.05) is 18.2 Å². The van der Waals surface area contributed by atoms with Gasteiger partial charge in [-0.3, -0.25) is 14.8 Å². The number of halogens is 1. The first-order valence-corrected chi connectivity index (χ1v) is 10.1. The molecule has 0 unspecified atom stereocenters. The summed E-state index contributed by atoms with van der Waals surface area (Å²) in [5.41, 5.74) is 4.98. The Labute approximate surface area is 191 Å². The lowest BCUT2D eigenvalue weighted by Gasteiger charge is -2.11. The van der Waals surface area contributed by atoms with E-state index < -0.39 is 5.91 Å². The van der Waals surface area contributed by atoms with Gasteiger partial charge >= 0.3 is 0 Å². The second-order valence-corrected chi connectivity index (χ2v) is 7.07. The topological polar surface area (TPSA) is 87.7 Å². The maximum atomic E-state index is 13.3. The van der Waals surface area contributed by atoms with E-state index in [1.54, 1.807) is 67.8 Å². The molecule has 2 amide bonds. The molecule has 6 nitrogen and oxygen atoms in total. The molecule has 3 N–H and O–H groups in total. The number of carbonyl (C=O) groups excluding carboxylic acids is 2. The van der Waals surface area contributed by atoms with Crippen molar-refractivity contribution in [3.8, 4) is 5.75 Å². The molecule has 0 saturated heterocycles. The average molecular weight is 446 g/mol. The minimum absolute atomic E-state index is 0.284. The van der Waals surface area contributed by atoms with Gasteiger partial charge in [0.15, 0.2) is 0 Å². The van der Waals surface area contributed by atoms with Crippen LogP contribution in [0.3, 0.4) is 0 Å². The van der Waals surface area contributed by atoms with Crippen LogP contribution in [0.1, 0.15) is 22.3 Å². The Bertz CT molecular complexity index is 1150. The van der Waals surface area contributed by atoms with Crippen LogP contribution in [0.5, 0.6) is 5.75 Å². The molecule has 0 aliphatic rings. The first kappa shape index (κ1) is 23.4. The summed E-state index contributed by atoms with van der Waals surface area (Å²) in [6.45, 7) is 0.289. The van der Waals surface area contributed by atoms with E-state index in [0.29, 0.717) is 22.4 Å². The number of carbonyl (C=O) groups is 2. The van der Waals surface area contributed by atoms with Gasteiger partial charge in [0.1, 0.15) is 11.6 Å². The molecule has 33 heavy (non-hydrogen) atoms. The predicted octanol–water partition coefficient (Wildman–Crippen LogP) is 4.21. The molecule has 0 bridgehead atoms. The van der Waals surface area contributed by atoms with Crippen molar-refractivity contribution in [1.82, 2.24) is 10.8 Å². The third kappa shape index (κ3) is 6.88. The summed E-state index contributed by atoms with van der Waals surface area (Å²) in [6.07, 6.45) is 4.47. The molecule has 3 aromatic rings. The van der Waals surface area contributed by atoms with Crippen LogP contribution >= 0.6 is 0 Å². The highest BCUT2D eigenvalue weighted by Gasteiger charge is 2.13. The Morgan fingerprint density at radius 3 is 2.18 bits per heavy atom. The summed E-state index contributed by atoms with van der Waals surface area (Å²) >= 11 is 0. The largest absolute Gasteiger partial charge is 0.497 e. The van der Waals surface area contributed by atoms with Gasteiger partial charge in [-0.25, -0.2) is 9.87 Å². The molecule has 0 fully saturated rings. The number of methoxy groups -OCH3 is 1. The van der Waals surface area contributed by atoms with Crippen LogP contribution in [-0.4, -0.2) is 24.1 Å². The molecule has 0 radical (unpaired) electrons. The zero-order valence-corrected chi connectivity index (χ0v) is 17.9. The molecule has 0 spiro atoms. The van der Waals surface area contributed by atoms with Crippen molar-refractivity contribution >= 4 is 29.5 Å². The standard InChI is InChI=1S/C26H23FN2O4/c1-33-23-13-9-21(10-14-23)24(16-19-6-11-22(27)12-7-19)26(31)28-17-20-4-2-18(3-5-20)8-15-25(30)29-32/h2-16,32H,17H2,1H3,(H,28,31)(H,29,30)/b15-8+,24-16+. The third-order valence-electron chi connectivity index (χ3n) is 4.80. The normalized spacial score (nSPS) is 11.3. The summed E-state index contributed by atoms with van der Waals surface area (Å²) in [5, 5.41) is 11.4. The van der Waals surface area contributed by atoms with E-state index in [-0.39, 0.29) is 18.3 Å². The number of hydrogen-bond acceptors (Lipinski definition) is 4. The van der Waals surface area contributed by atoms with Crippen LogP contribution in [0.15, 0.2) is 78.9 Å². The van der Waals surface area contributed by atoms with Crippen molar-refractivity contribution in [2.24, 2.45) is 0 Å². The lowest BCUT2D eigenvalue weighted by molar-refractivity contribution is -0.124. The number of nitrogens with one attached hydrogen (secondary N) is 2. The van der Waals surface area contributed by atoms with E-state index in [1.165, 1.54) is 23.7 Å². The molecule has 7 heteroatoms. The van der Waals surface area contributed by atoms with Crippen LogP contribution in [-0.2, 0) is 16.1 Å². The minimum atomic E-state index is -0.620. The Hall–Kier alpha value is -4.23. The maximum absolute atomic E-state index is 13.3. The molecule has 0 heterocycles. The number of amides is 2. The number of benzene rings is 3. The Morgan fingerprint density at radius 2 is 1.58 bits per heavy atom. The SMILES string of the molecule is COc1ccc(/C(=C\c2ccc(F)cc2)C(=O)NCc2ccc(/C=C/C(=O)NO)cc2)cc1. The Balaban J connectivity index is 1.76. The predicted molar refractivity (Wildman–Crippen MR) is 125 cm³/mol. The van der Waals surface area contributed by atoms with Crippen molar-refractivity contribution in [1.29, 1.82) is 0 Å². The first-order valence-electron chi connectivity index (χ1n) is 10.1. The van der Waals surface area contributed by atoms with Gasteiger partial charge in [-0.15, -0.1) is 0 Å². The lowest BCUT2D eigenvalue weighted by atomic mass is 10.0. The first-order chi connectivity index (χ1) is 16.0. The summed E-state index contributed by atoms with van der Waals surface area (Å²) in [7, 11) is 1.57. The summed E-state index contributed by atoms with van der Waals surface area (Å²) < 4.78 is 18.5. The Kier molecular flexibility index (Phi) is 8.10. The van der Waals surface area contributed by atoms with Crippen LogP contribution in [0, 0.1) is 5.82 Å². The van der Waals surface area contributed by atoms with Crippen molar-refractivity contribution in [3.05, 3.63) is 107 Å². The number of hydrogen-bond donors (Lipinski definition) is 3. The summed E-state index contributed by atoms with van der Waals surface area (Å²) in [4.78, 5) is 24.1. The molecule has 0 saturated carbocycles. The van der Waals surface area contributed by atoms with Crippen molar-refractivity contribution < 1.29 is 23.9 Å². The Morgan fingerprint density at radius 1 is 0.939 bits per heavy atom. The number of hydroxylamine groups is 1. The van der Waals surface area contributed by atoms with E-state index in [2.05, 4.69) is 5.32 Å². The van der Waals surface area contributed by atoms with Gasteiger partial charge in [-0.05, 0) is 58.7 Å². The molecule has 0 atom stereocenters. The van der Waals surface area contributed by atoms with E-state index in [0.717, 1.165) is 11.1 Å². The molecular formula is C26H23FN2O4. The van der Waals surface area contributed by atoms with Gasteiger partial charge in [-0.1, -0.05) is 48.5 Å². The highest BCUT2D eigenvalue weighted by atomic mass is 19.1. The molecule has 168 valence electrons. The number of ether oxygens (including phenoxy) is 1. The number of rotatable bonds is 8. The summed E-state index contributed by atoms with van der Waals surface area (Å²) in [5.74, 6) is -0.581. The third-order valence-corrected chi connectivity index (χ3v) is 4.80. The van der Waals surface area contributed by atoms with E-state index in [9.17, 15) is 14.0 Å². The van der Waals surface area contributed by atoms with E-state index >= 15 is 0 Å². The van der Waals surface area contributed by atoms with Gasteiger partial charge in [-0.2, -0.15) is 0 Å². The van der Waals surface area contributed by atoms with Gasteiger partial charge in [0.25, 0.3) is 11.8 Å².